The molecule has 0 fully saturated rings. The lowest BCUT2D eigenvalue weighted by Crippen LogP contribution is -3.10. The molecule has 2 nitrogen and oxygen atoms in total. The van der Waals surface area contributed by atoms with Crippen LogP contribution >= 0.6 is 0 Å². The molecule has 1 aliphatic rings. The molecule has 2 aromatic carbocycles. The highest BCUT2D eigenvalue weighted by molar-refractivity contribution is 6.01. The zero-order valence-electron chi connectivity index (χ0n) is 10.4. The van der Waals surface area contributed by atoms with E-state index in [1.54, 1.807) is 0 Å². The van der Waals surface area contributed by atoms with Gasteiger partial charge in [-0.25, -0.2) is 0 Å². The zero-order valence-corrected chi connectivity index (χ0v) is 12.5. The quantitative estimate of drug-likeness (QED) is 0.592. The molecule has 3 heteroatoms. The van der Waals surface area contributed by atoms with Crippen LogP contribution in [-0.4, -0.2) is 20.3 Å². The third-order valence-corrected chi connectivity index (χ3v) is 3.90. The average molecular weight is 340 g/mol. The molecule has 2 unspecified atom stereocenters. The molecular weight excluding hydrogens is 323 g/mol. The SMILES string of the molecule is CC1N(C)c2cccc3cccc(c23)[NH+]1C.[I-]. The second-order valence-electron chi connectivity index (χ2n) is 4.65. The molecular formula is C14H17IN2. The summed E-state index contributed by atoms with van der Waals surface area (Å²) in [5, 5.41) is 2.75. The molecule has 1 aliphatic heterocycles. The van der Waals surface area contributed by atoms with Crippen LogP contribution < -0.4 is 33.8 Å². The van der Waals surface area contributed by atoms with E-state index in [0.717, 1.165) is 0 Å². The maximum atomic E-state index is 2.37. The van der Waals surface area contributed by atoms with E-state index in [-0.39, 0.29) is 24.0 Å². The Hall–Kier alpha value is -0.810. The van der Waals surface area contributed by atoms with E-state index in [9.17, 15) is 0 Å². The Bertz CT molecular complexity index is 508. The molecule has 1 N–H and O–H groups in total. The third kappa shape index (κ3) is 1.72. The van der Waals surface area contributed by atoms with Crippen LogP contribution in [-0.2, 0) is 0 Å². The van der Waals surface area contributed by atoms with Gasteiger partial charge in [0.05, 0.1) is 18.1 Å². The first kappa shape index (κ1) is 12.6. The van der Waals surface area contributed by atoms with E-state index in [4.69, 9.17) is 0 Å². The van der Waals surface area contributed by atoms with Crippen molar-refractivity contribution in [1.82, 2.24) is 0 Å². The predicted molar refractivity (Wildman–Crippen MR) is 68.4 cm³/mol. The molecule has 0 bridgehead atoms. The van der Waals surface area contributed by atoms with Crippen LogP contribution in [0.1, 0.15) is 6.92 Å². The number of rotatable bonds is 0. The average Bonchev–Trinajstić information content (AvgIpc) is 2.33. The molecule has 0 saturated heterocycles. The van der Waals surface area contributed by atoms with Crippen molar-refractivity contribution >= 4 is 22.1 Å². The standard InChI is InChI=1S/C14H16N2.HI/c1-10-15(2)12-8-4-6-11-7-5-9-13(14(11)12)16(10)3;/h4-10H,1-3H3;1H. The Balaban J connectivity index is 0.00000108. The maximum absolute atomic E-state index is 2.37. The first-order valence-electron chi connectivity index (χ1n) is 5.78. The van der Waals surface area contributed by atoms with Crippen LogP contribution in [0.3, 0.4) is 0 Å². The van der Waals surface area contributed by atoms with Crippen molar-refractivity contribution in [2.24, 2.45) is 0 Å². The Labute approximate surface area is 119 Å². The van der Waals surface area contributed by atoms with Gasteiger partial charge in [0.25, 0.3) is 0 Å². The van der Waals surface area contributed by atoms with Gasteiger partial charge in [0.15, 0.2) is 6.17 Å². The molecule has 0 radical (unpaired) electrons. The summed E-state index contributed by atoms with van der Waals surface area (Å²) in [6.07, 6.45) is 0.487. The number of halogens is 1. The first-order valence-corrected chi connectivity index (χ1v) is 5.78. The lowest BCUT2D eigenvalue weighted by Gasteiger charge is -2.36. The molecule has 0 aliphatic carbocycles. The molecule has 2 aromatic rings. The van der Waals surface area contributed by atoms with E-state index in [1.807, 2.05) is 0 Å². The van der Waals surface area contributed by atoms with E-state index >= 15 is 0 Å². The summed E-state index contributed by atoms with van der Waals surface area (Å²) in [4.78, 5) is 3.83. The monoisotopic (exact) mass is 340 g/mol. The normalized spacial score (nSPS) is 22.4. The van der Waals surface area contributed by atoms with Gasteiger partial charge in [-0.05, 0) is 17.5 Å². The largest absolute Gasteiger partial charge is 1.00 e. The van der Waals surface area contributed by atoms with Crippen molar-refractivity contribution in [1.29, 1.82) is 0 Å². The highest BCUT2D eigenvalue weighted by atomic mass is 127. The molecule has 3 rings (SSSR count). The highest BCUT2D eigenvalue weighted by Crippen LogP contribution is 2.33. The van der Waals surface area contributed by atoms with Crippen LogP contribution in [0, 0.1) is 0 Å². The second kappa shape index (κ2) is 4.46. The van der Waals surface area contributed by atoms with Crippen molar-refractivity contribution in [3.8, 4) is 0 Å². The number of nitrogens with one attached hydrogen (secondary N) is 1. The molecule has 2 atom stereocenters. The fourth-order valence-electron chi connectivity index (χ4n) is 2.67. The van der Waals surface area contributed by atoms with E-state index in [1.165, 1.54) is 27.0 Å². The van der Waals surface area contributed by atoms with Crippen molar-refractivity contribution < 1.29 is 28.9 Å². The van der Waals surface area contributed by atoms with Gasteiger partial charge >= 0.3 is 0 Å². The fourth-order valence-corrected chi connectivity index (χ4v) is 2.67. The maximum Gasteiger partial charge on any atom is 0.164 e. The minimum Gasteiger partial charge on any atom is -1.00 e. The lowest BCUT2D eigenvalue weighted by atomic mass is 10.0. The van der Waals surface area contributed by atoms with Gasteiger partial charge in [0, 0.05) is 14.0 Å². The van der Waals surface area contributed by atoms with Gasteiger partial charge in [-0.3, -0.25) is 4.90 Å². The number of hydrogen-bond acceptors (Lipinski definition) is 1. The molecule has 0 spiro atoms. The number of benzene rings is 2. The van der Waals surface area contributed by atoms with Gasteiger partial charge in [-0.1, -0.05) is 24.3 Å². The van der Waals surface area contributed by atoms with Crippen LogP contribution in [0.4, 0.5) is 11.4 Å². The summed E-state index contributed by atoms with van der Waals surface area (Å²) in [6, 6.07) is 13.1. The first-order chi connectivity index (χ1) is 7.70. The zero-order chi connectivity index (χ0) is 11.3. The fraction of sp³-hybridized carbons (Fsp3) is 0.286. The van der Waals surface area contributed by atoms with Gasteiger partial charge in [0.1, 0.15) is 5.69 Å². The topological polar surface area (TPSA) is 7.68 Å². The molecule has 1 heterocycles. The summed E-state index contributed by atoms with van der Waals surface area (Å²) in [7, 11) is 4.42. The lowest BCUT2D eigenvalue weighted by molar-refractivity contribution is -0.836. The number of hydrogen-bond donors (Lipinski definition) is 1. The van der Waals surface area contributed by atoms with Crippen LogP contribution in [0.5, 0.6) is 0 Å². The minimum absolute atomic E-state index is 0. The van der Waals surface area contributed by atoms with Gasteiger partial charge in [0.2, 0.25) is 0 Å². The van der Waals surface area contributed by atoms with Crippen LogP contribution in [0.15, 0.2) is 36.4 Å². The Morgan fingerprint density at radius 1 is 1.12 bits per heavy atom. The van der Waals surface area contributed by atoms with E-state index in [2.05, 4.69) is 62.3 Å². The summed E-state index contributed by atoms with van der Waals surface area (Å²) in [5.74, 6) is 0. The highest BCUT2D eigenvalue weighted by Gasteiger charge is 2.29. The summed E-state index contributed by atoms with van der Waals surface area (Å²) in [6.45, 7) is 2.27. The minimum atomic E-state index is 0. The van der Waals surface area contributed by atoms with Crippen molar-refractivity contribution in [2.75, 3.05) is 19.0 Å². The molecule has 0 saturated carbocycles. The molecule has 0 aromatic heterocycles. The Morgan fingerprint density at radius 3 is 2.47 bits per heavy atom. The van der Waals surface area contributed by atoms with Gasteiger partial charge in [-0.15, -0.1) is 0 Å². The van der Waals surface area contributed by atoms with E-state index in [0.29, 0.717) is 6.17 Å². The Kier molecular flexibility index (Phi) is 3.32. The Morgan fingerprint density at radius 2 is 1.76 bits per heavy atom. The van der Waals surface area contributed by atoms with Crippen LogP contribution in [0.2, 0.25) is 0 Å². The molecule has 90 valence electrons. The van der Waals surface area contributed by atoms with Gasteiger partial charge in [-0.2, -0.15) is 0 Å². The smallest absolute Gasteiger partial charge is 0.164 e. The summed E-state index contributed by atoms with van der Waals surface area (Å²) >= 11 is 0. The van der Waals surface area contributed by atoms with Gasteiger partial charge < -0.3 is 28.9 Å². The van der Waals surface area contributed by atoms with Crippen LogP contribution in [0.25, 0.3) is 10.8 Å². The number of nitrogens with zero attached hydrogens (tertiary/aromatic N) is 1. The second-order valence-corrected chi connectivity index (χ2v) is 4.65. The molecule has 0 amide bonds. The van der Waals surface area contributed by atoms with Crippen molar-refractivity contribution in [3.63, 3.8) is 0 Å². The molecule has 17 heavy (non-hydrogen) atoms. The third-order valence-electron chi connectivity index (χ3n) is 3.90. The van der Waals surface area contributed by atoms with Crippen molar-refractivity contribution in [3.05, 3.63) is 36.4 Å². The summed E-state index contributed by atoms with van der Waals surface area (Å²) in [5.41, 5.74) is 2.77. The van der Waals surface area contributed by atoms with Crippen molar-refractivity contribution in [2.45, 2.75) is 13.1 Å². The predicted octanol–water partition coefficient (Wildman–Crippen LogP) is -1.21. The van der Waals surface area contributed by atoms with E-state index < -0.39 is 0 Å². The number of quaternary nitrogens is 1. The summed E-state index contributed by atoms with van der Waals surface area (Å²) < 4.78 is 0. The number of anilines is 1.